The van der Waals surface area contributed by atoms with Crippen LogP contribution in [0, 0.1) is 11.7 Å². The van der Waals surface area contributed by atoms with Gasteiger partial charge in [-0.2, -0.15) is 0 Å². The van der Waals surface area contributed by atoms with Crippen molar-refractivity contribution >= 4 is 0 Å². The molecule has 1 aliphatic rings. The van der Waals surface area contributed by atoms with Gasteiger partial charge in [0.25, 0.3) is 0 Å². The van der Waals surface area contributed by atoms with E-state index in [2.05, 4.69) is 18.7 Å². The van der Waals surface area contributed by atoms with Crippen molar-refractivity contribution < 1.29 is 9.50 Å². The van der Waals surface area contributed by atoms with E-state index in [9.17, 15) is 9.50 Å². The fraction of sp³-hybridized carbons (Fsp3) is 0.538. The lowest BCUT2D eigenvalue weighted by Gasteiger charge is -2.47. The normalized spacial score (nSPS) is 19.8. The molecule has 1 aliphatic heterocycles. The van der Waals surface area contributed by atoms with Crippen molar-refractivity contribution in [3.05, 3.63) is 35.6 Å². The molecular formula is C13H18FNO. The molecule has 0 saturated carbocycles. The quantitative estimate of drug-likeness (QED) is 0.847. The second kappa shape index (κ2) is 4.15. The monoisotopic (exact) mass is 223 g/mol. The lowest BCUT2D eigenvalue weighted by atomic mass is 9.85. The van der Waals surface area contributed by atoms with Crippen LogP contribution in [0.15, 0.2) is 24.3 Å². The topological polar surface area (TPSA) is 23.5 Å². The van der Waals surface area contributed by atoms with Crippen LogP contribution >= 0.6 is 0 Å². The molecule has 1 fully saturated rings. The number of hydrogen-bond acceptors (Lipinski definition) is 2. The number of halogens is 1. The molecule has 16 heavy (non-hydrogen) atoms. The van der Waals surface area contributed by atoms with Gasteiger partial charge in [0, 0.05) is 19.6 Å². The molecule has 2 nitrogen and oxygen atoms in total. The Hall–Kier alpha value is -0.930. The highest BCUT2D eigenvalue weighted by atomic mass is 19.1. The van der Waals surface area contributed by atoms with E-state index in [0.29, 0.717) is 24.6 Å². The van der Waals surface area contributed by atoms with Crippen molar-refractivity contribution in [3.63, 3.8) is 0 Å². The summed E-state index contributed by atoms with van der Waals surface area (Å²) in [6, 6.07) is 6.26. The Bertz CT molecular complexity index is 372. The van der Waals surface area contributed by atoms with E-state index in [4.69, 9.17) is 0 Å². The predicted molar refractivity (Wildman–Crippen MR) is 61.6 cm³/mol. The molecular weight excluding hydrogens is 205 g/mol. The summed E-state index contributed by atoms with van der Waals surface area (Å²) >= 11 is 0. The highest BCUT2D eigenvalue weighted by molar-refractivity contribution is 5.26. The van der Waals surface area contributed by atoms with E-state index in [1.165, 1.54) is 12.1 Å². The van der Waals surface area contributed by atoms with E-state index in [1.807, 2.05) is 0 Å². The summed E-state index contributed by atoms with van der Waals surface area (Å²) in [6.07, 6.45) is 0. The molecule has 0 unspecified atom stereocenters. The van der Waals surface area contributed by atoms with Crippen LogP contribution in [0.5, 0.6) is 0 Å². The van der Waals surface area contributed by atoms with E-state index in [-0.39, 0.29) is 5.82 Å². The van der Waals surface area contributed by atoms with Gasteiger partial charge >= 0.3 is 0 Å². The van der Waals surface area contributed by atoms with Gasteiger partial charge in [-0.05, 0) is 23.6 Å². The molecule has 0 aliphatic carbocycles. The fourth-order valence-electron chi connectivity index (χ4n) is 2.30. The third kappa shape index (κ3) is 2.25. The molecule has 1 aromatic carbocycles. The van der Waals surface area contributed by atoms with Crippen LogP contribution in [0.2, 0.25) is 0 Å². The smallest absolute Gasteiger partial charge is 0.123 e. The third-order valence-electron chi connectivity index (χ3n) is 2.96. The van der Waals surface area contributed by atoms with Crippen LogP contribution in [0.4, 0.5) is 4.39 Å². The van der Waals surface area contributed by atoms with Crippen molar-refractivity contribution in [2.75, 3.05) is 19.6 Å². The molecule has 0 aromatic heterocycles. The van der Waals surface area contributed by atoms with Crippen molar-refractivity contribution in [2.24, 2.45) is 5.92 Å². The maximum absolute atomic E-state index is 13.0. The van der Waals surface area contributed by atoms with Gasteiger partial charge in [0.15, 0.2) is 0 Å². The van der Waals surface area contributed by atoms with Gasteiger partial charge in [-0.1, -0.05) is 26.0 Å². The molecule has 1 saturated heterocycles. The summed E-state index contributed by atoms with van der Waals surface area (Å²) in [4.78, 5) is 2.19. The molecule has 88 valence electrons. The predicted octanol–water partition coefficient (Wildman–Crippen LogP) is 1.98. The number of aliphatic hydroxyl groups is 1. The molecule has 0 bridgehead atoms. The molecule has 3 heteroatoms. The minimum atomic E-state index is -0.850. The van der Waals surface area contributed by atoms with Crippen LogP contribution < -0.4 is 0 Å². The first-order chi connectivity index (χ1) is 7.49. The van der Waals surface area contributed by atoms with Gasteiger partial charge in [-0.15, -0.1) is 0 Å². The maximum atomic E-state index is 13.0. The summed E-state index contributed by atoms with van der Waals surface area (Å²) in [5.74, 6) is 0.310. The van der Waals surface area contributed by atoms with Crippen molar-refractivity contribution in [2.45, 2.75) is 19.4 Å². The average molecular weight is 223 g/mol. The summed E-state index contributed by atoms with van der Waals surface area (Å²) in [5, 5.41) is 10.3. The maximum Gasteiger partial charge on any atom is 0.123 e. The molecule has 0 atom stereocenters. The molecule has 0 radical (unpaired) electrons. The van der Waals surface area contributed by atoms with Crippen molar-refractivity contribution in [1.82, 2.24) is 4.90 Å². The first-order valence-corrected chi connectivity index (χ1v) is 5.70. The van der Waals surface area contributed by atoms with Crippen LogP contribution in [-0.4, -0.2) is 29.6 Å². The summed E-state index contributed by atoms with van der Waals surface area (Å²) < 4.78 is 13.0. The Balaban J connectivity index is 2.02. The second-order valence-corrected chi connectivity index (χ2v) is 5.11. The molecule has 1 aromatic rings. The first-order valence-electron chi connectivity index (χ1n) is 5.70. The summed E-state index contributed by atoms with van der Waals surface area (Å²) in [7, 11) is 0. The zero-order chi connectivity index (χ0) is 11.8. The number of benzene rings is 1. The van der Waals surface area contributed by atoms with E-state index >= 15 is 0 Å². The molecule has 0 spiro atoms. The van der Waals surface area contributed by atoms with Gasteiger partial charge < -0.3 is 5.11 Å². The van der Waals surface area contributed by atoms with E-state index in [1.54, 1.807) is 12.1 Å². The summed E-state index contributed by atoms with van der Waals surface area (Å²) in [6.45, 7) is 6.50. The third-order valence-corrected chi connectivity index (χ3v) is 2.96. The van der Waals surface area contributed by atoms with Gasteiger partial charge in [-0.3, -0.25) is 4.90 Å². The lowest BCUT2D eigenvalue weighted by Crippen LogP contribution is -2.60. The number of likely N-dealkylation sites (tertiary alicyclic amines) is 1. The van der Waals surface area contributed by atoms with Crippen LogP contribution in [0.1, 0.15) is 19.4 Å². The first kappa shape index (κ1) is 11.6. The Labute approximate surface area is 95.7 Å². The number of nitrogens with zero attached hydrogens (tertiary/aromatic N) is 1. The zero-order valence-electron chi connectivity index (χ0n) is 9.78. The average Bonchev–Trinajstić information content (AvgIpc) is 2.14. The Morgan fingerprint density at radius 1 is 1.44 bits per heavy atom. The number of rotatable bonds is 3. The van der Waals surface area contributed by atoms with Crippen molar-refractivity contribution in [1.29, 1.82) is 0 Å². The van der Waals surface area contributed by atoms with Crippen LogP contribution in [0.3, 0.4) is 0 Å². The summed E-state index contributed by atoms with van der Waals surface area (Å²) in [5.41, 5.74) is -0.163. The van der Waals surface area contributed by atoms with Gasteiger partial charge in [0.1, 0.15) is 11.4 Å². The van der Waals surface area contributed by atoms with Gasteiger partial charge in [0.05, 0.1) is 0 Å². The standard InChI is InChI=1S/C13H18FNO/c1-10(2)7-15-8-13(16,9-15)11-4-3-5-12(14)6-11/h3-6,10,16H,7-9H2,1-2H3. The fourth-order valence-corrected chi connectivity index (χ4v) is 2.30. The SMILES string of the molecule is CC(C)CN1CC(O)(c2cccc(F)c2)C1. The highest BCUT2D eigenvalue weighted by Crippen LogP contribution is 2.32. The number of β-amino-alcohol motifs (C(OH)–C–C–N with tert-alkyl or cyclic N) is 1. The van der Waals surface area contributed by atoms with Gasteiger partial charge in [0.2, 0.25) is 0 Å². The van der Waals surface area contributed by atoms with E-state index < -0.39 is 5.60 Å². The van der Waals surface area contributed by atoms with Crippen LogP contribution in [0.25, 0.3) is 0 Å². The Kier molecular flexibility index (Phi) is 3.00. The largest absolute Gasteiger partial charge is 0.382 e. The van der Waals surface area contributed by atoms with Crippen LogP contribution in [-0.2, 0) is 5.60 Å². The minimum Gasteiger partial charge on any atom is -0.382 e. The highest BCUT2D eigenvalue weighted by Gasteiger charge is 2.42. The molecule has 0 amide bonds. The van der Waals surface area contributed by atoms with Crippen molar-refractivity contribution in [3.8, 4) is 0 Å². The molecule has 1 heterocycles. The van der Waals surface area contributed by atoms with E-state index in [0.717, 1.165) is 6.54 Å². The molecule has 2 rings (SSSR count). The Morgan fingerprint density at radius 2 is 2.12 bits per heavy atom. The second-order valence-electron chi connectivity index (χ2n) is 5.11. The number of hydrogen-bond donors (Lipinski definition) is 1. The van der Waals surface area contributed by atoms with Gasteiger partial charge in [-0.25, -0.2) is 4.39 Å². The zero-order valence-corrected chi connectivity index (χ0v) is 9.78. The Morgan fingerprint density at radius 3 is 2.69 bits per heavy atom. The lowest BCUT2D eigenvalue weighted by molar-refractivity contribution is -0.107. The molecule has 1 N–H and O–H groups in total. The minimum absolute atomic E-state index is 0.284.